The highest BCUT2D eigenvalue weighted by atomic mass is 14.9. The minimum Gasteiger partial charge on any atom is -0.314 e. The van der Waals surface area contributed by atoms with Gasteiger partial charge in [0.25, 0.3) is 0 Å². The van der Waals surface area contributed by atoms with E-state index in [4.69, 9.17) is 0 Å². The van der Waals surface area contributed by atoms with Crippen molar-refractivity contribution in [3.05, 3.63) is 35.9 Å². The van der Waals surface area contributed by atoms with E-state index in [0.29, 0.717) is 6.04 Å². The van der Waals surface area contributed by atoms with Crippen molar-refractivity contribution in [1.29, 1.82) is 0 Å². The zero-order valence-corrected chi connectivity index (χ0v) is 10.1. The molecule has 2 heteroatoms. The van der Waals surface area contributed by atoms with Gasteiger partial charge in [0, 0.05) is 12.6 Å². The van der Waals surface area contributed by atoms with E-state index in [1.165, 1.54) is 24.9 Å². The lowest BCUT2D eigenvalue weighted by atomic mass is 9.95. The number of hydrogen-bond donors (Lipinski definition) is 2. The smallest absolute Gasteiger partial charge is 0.0205 e. The quantitative estimate of drug-likeness (QED) is 0.809. The second-order valence-electron chi connectivity index (χ2n) is 4.87. The molecular formula is C14H22N2. The van der Waals surface area contributed by atoms with Gasteiger partial charge in [0.05, 0.1) is 0 Å². The summed E-state index contributed by atoms with van der Waals surface area (Å²) in [6.07, 6.45) is 2.67. The van der Waals surface area contributed by atoms with Crippen LogP contribution in [0.25, 0.3) is 0 Å². The molecule has 1 aliphatic rings. The molecule has 1 aromatic rings. The molecular weight excluding hydrogens is 196 g/mol. The molecule has 0 saturated carbocycles. The van der Waals surface area contributed by atoms with Crippen molar-refractivity contribution in [2.24, 2.45) is 5.92 Å². The van der Waals surface area contributed by atoms with Crippen LogP contribution in [0.15, 0.2) is 30.3 Å². The fourth-order valence-corrected chi connectivity index (χ4v) is 2.25. The molecule has 1 aromatic carbocycles. The Balaban J connectivity index is 1.65. The van der Waals surface area contributed by atoms with Crippen LogP contribution in [0.2, 0.25) is 0 Å². The summed E-state index contributed by atoms with van der Waals surface area (Å²) in [5.74, 6) is 0.805. The summed E-state index contributed by atoms with van der Waals surface area (Å²) in [5.41, 5.74) is 1.37. The number of rotatable bonds is 4. The minimum atomic E-state index is 0.713. The standard InChI is InChI=1S/C14H22N2/c1-12-7-8-14(11-16-12)10-15-9-13-5-3-2-4-6-13/h2-6,12,14-16H,7-11H2,1H3. The molecule has 2 nitrogen and oxygen atoms in total. The van der Waals surface area contributed by atoms with Crippen molar-refractivity contribution in [2.45, 2.75) is 32.4 Å². The summed E-state index contributed by atoms with van der Waals surface area (Å²) in [6.45, 7) is 5.57. The van der Waals surface area contributed by atoms with Crippen LogP contribution >= 0.6 is 0 Å². The SMILES string of the molecule is CC1CCC(CNCc2ccccc2)CN1. The van der Waals surface area contributed by atoms with Crippen LogP contribution < -0.4 is 10.6 Å². The molecule has 2 atom stereocenters. The lowest BCUT2D eigenvalue weighted by molar-refractivity contribution is 0.312. The Morgan fingerprint density at radius 2 is 2.06 bits per heavy atom. The third-order valence-corrected chi connectivity index (χ3v) is 3.37. The van der Waals surface area contributed by atoms with Crippen LogP contribution in [0.4, 0.5) is 0 Å². The average Bonchev–Trinajstić information content (AvgIpc) is 2.33. The Hall–Kier alpha value is -0.860. The molecule has 0 aromatic heterocycles. The molecule has 0 spiro atoms. The van der Waals surface area contributed by atoms with Crippen molar-refractivity contribution in [3.8, 4) is 0 Å². The third kappa shape index (κ3) is 3.62. The van der Waals surface area contributed by atoms with Crippen molar-refractivity contribution >= 4 is 0 Å². The van der Waals surface area contributed by atoms with Gasteiger partial charge in [-0.25, -0.2) is 0 Å². The van der Waals surface area contributed by atoms with Crippen LogP contribution in [-0.4, -0.2) is 19.1 Å². The number of hydrogen-bond acceptors (Lipinski definition) is 2. The first-order valence-electron chi connectivity index (χ1n) is 6.32. The fraction of sp³-hybridized carbons (Fsp3) is 0.571. The lowest BCUT2D eigenvalue weighted by Gasteiger charge is -2.27. The first kappa shape index (κ1) is 11.6. The first-order chi connectivity index (χ1) is 7.84. The van der Waals surface area contributed by atoms with E-state index in [0.717, 1.165) is 19.0 Å². The van der Waals surface area contributed by atoms with Gasteiger partial charge in [0.1, 0.15) is 0 Å². The Labute approximate surface area is 98.4 Å². The van der Waals surface area contributed by atoms with Crippen LogP contribution in [0.1, 0.15) is 25.3 Å². The molecule has 88 valence electrons. The van der Waals surface area contributed by atoms with E-state index in [2.05, 4.69) is 47.9 Å². The predicted molar refractivity (Wildman–Crippen MR) is 68.3 cm³/mol. The van der Waals surface area contributed by atoms with Crippen LogP contribution in [0, 0.1) is 5.92 Å². The molecule has 2 N–H and O–H groups in total. The number of benzene rings is 1. The molecule has 0 bridgehead atoms. The summed E-state index contributed by atoms with van der Waals surface area (Å²) >= 11 is 0. The van der Waals surface area contributed by atoms with E-state index >= 15 is 0 Å². The largest absolute Gasteiger partial charge is 0.314 e. The van der Waals surface area contributed by atoms with Crippen LogP contribution in [0.3, 0.4) is 0 Å². The van der Waals surface area contributed by atoms with E-state index < -0.39 is 0 Å². The van der Waals surface area contributed by atoms with E-state index in [-0.39, 0.29) is 0 Å². The van der Waals surface area contributed by atoms with Gasteiger partial charge in [-0.05, 0) is 44.3 Å². The predicted octanol–water partition coefficient (Wildman–Crippen LogP) is 2.16. The normalized spacial score (nSPS) is 25.6. The molecule has 2 rings (SSSR count). The van der Waals surface area contributed by atoms with Gasteiger partial charge >= 0.3 is 0 Å². The van der Waals surface area contributed by atoms with Gasteiger partial charge in [-0.2, -0.15) is 0 Å². The molecule has 0 aliphatic carbocycles. The number of piperidine rings is 1. The molecule has 2 unspecified atom stereocenters. The maximum Gasteiger partial charge on any atom is 0.0205 e. The second-order valence-corrected chi connectivity index (χ2v) is 4.87. The first-order valence-corrected chi connectivity index (χ1v) is 6.32. The maximum atomic E-state index is 3.55. The van der Waals surface area contributed by atoms with Gasteiger partial charge in [-0.3, -0.25) is 0 Å². The minimum absolute atomic E-state index is 0.713. The van der Waals surface area contributed by atoms with Gasteiger partial charge in [-0.15, -0.1) is 0 Å². The summed E-state index contributed by atoms with van der Waals surface area (Å²) in [7, 11) is 0. The fourth-order valence-electron chi connectivity index (χ4n) is 2.25. The lowest BCUT2D eigenvalue weighted by Crippen LogP contribution is -2.40. The van der Waals surface area contributed by atoms with Crippen molar-refractivity contribution in [1.82, 2.24) is 10.6 Å². The topological polar surface area (TPSA) is 24.1 Å². The Morgan fingerprint density at radius 3 is 2.75 bits per heavy atom. The highest BCUT2D eigenvalue weighted by Gasteiger charge is 2.16. The zero-order chi connectivity index (χ0) is 11.2. The third-order valence-electron chi connectivity index (χ3n) is 3.37. The average molecular weight is 218 g/mol. The molecule has 1 fully saturated rings. The second kappa shape index (κ2) is 6.02. The zero-order valence-electron chi connectivity index (χ0n) is 10.1. The Kier molecular flexibility index (Phi) is 4.37. The van der Waals surface area contributed by atoms with Gasteiger partial charge in [-0.1, -0.05) is 30.3 Å². The summed E-state index contributed by atoms with van der Waals surface area (Å²) < 4.78 is 0. The summed E-state index contributed by atoms with van der Waals surface area (Å²) in [5, 5.41) is 7.09. The molecule has 0 radical (unpaired) electrons. The van der Waals surface area contributed by atoms with Crippen molar-refractivity contribution in [2.75, 3.05) is 13.1 Å². The van der Waals surface area contributed by atoms with Crippen LogP contribution in [0.5, 0.6) is 0 Å². The van der Waals surface area contributed by atoms with Crippen molar-refractivity contribution in [3.63, 3.8) is 0 Å². The maximum absolute atomic E-state index is 3.55. The van der Waals surface area contributed by atoms with Crippen LogP contribution in [-0.2, 0) is 6.54 Å². The monoisotopic (exact) mass is 218 g/mol. The van der Waals surface area contributed by atoms with E-state index in [1.807, 2.05) is 0 Å². The van der Waals surface area contributed by atoms with Gasteiger partial charge < -0.3 is 10.6 Å². The Morgan fingerprint density at radius 1 is 1.25 bits per heavy atom. The highest BCUT2D eigenvalue weighted by Crippen LogP contribution is 2.13. The van der Waals surface area contributed by atoms with Gasteiger partial charge in [0.15, 0.2) is 0 Å². The highest BCUT2D eigenvalue weighted by molar-refractivity contribution is 5.14. The molecule has 1 saturated heterocycles. The molecule has 0 amide bonds. The Bertz CT molecular complexity index is 289. The summed E-state index contributed by atoms with van der Waals surface area (Å²) in [4.78, 5) is 0. The molecule has 1 aliphatic heterocycles. The van der Waals surface area contributed by atoms with E-state index in [1.54, 1.807) is 0 Å². The molecule has 16 heavy (non-hydrogen) atoms. The van der Waals surface area contributed by atoms with E-state index in [9.17, 15) is 0 Å². The molecule has 1 heterocycles. The number of nitrogens with one attached hydrogen (secondary N) is 2. The van der Waals surface area contributed by atoms with Gasteiger partial charge in [0.2, 0.25) is 0 Å². The van der Waals surface area contributed by atoms with Crippen molar-refractivity contribution < 1.29 is 0 Å². The summed E-state index contributed by atoms with van der Waals surface area (Å²) in [6, 6.07) is 11.3.